The smallest absolute Gasteiger partial charge is 0.300 e. The van der Waals surface area contributed by atoms with Crippen LogP contribution in [-0.4, -0.2) is 52.7 Å². The molecule has 1 heterocycles. The predicted octanol–water partition coefficient (Wildman–Crippen LogP) is 5.11. The Balaban J connectivity index is 0.00000114. The van der Waals surface area contributed by atoms with E-state index in [0.29, 0.717) is 17.9 Å². The molecule has 222 valence electrons. The van der Waals surface area contributed by atoms with Crippen molar-refractivity contribution >= 4 is 57.2 Å². The first-order valence-electron chi connectivity index (χ1n) is 13.1. The number of morpholine rings is 1. The van der Waals surface area contributed by atoms with E-state index >= 15 is 0 Å². The molecule has 6 N–H and O–H groups in total. The first kappa shape index (κ1) is 32.8. The lowest BCUT2D eigenvalue weighted by Gasteiger charge is -2.32. The van der Waals surface area contributed by atoms with Crippen molar-refractivity contribution in [1.29, 1.82) is 5.41 Å². The summed E-state index contributed by atoms with van der Waals surface area (Å²) < 4.78 is 9.22. The van der Waals surface area contributed by atoms with Crippen LogP contribution in [0.25, 0.3) is 0 Å². The van der Waals surface area contributed by atoms with Gasteiger partial charge in [-0.3, -0.25) is 19.8 Å². The van der Waals surface area contributed by atoms with Gasteiger partial charge in [0.15, 0.2) is 0 Å². The number of carboxylic acids is 1. The standard InChI is InChI=1S/C28H30BrN5O3S.C2H4O2/c1-18(32-26(35)16-27(36)33-22-10-7-20(8-11-22)28(30)31)21-9-12-25(23(29)15-21)38-34-13-14-37-24(17-34)19-5-3-2-4-6-19;1-2(3)4/h2-12,15,18,24H,13-14,16-17H2,1H3,(H3,30,31)(H,32,35)(H,33,36);1H3,(H,3,4)/t18-,24?;/m0./s1. The molecule has 0 radical (unpaired) electrons. The molecule has 0 saturated carbocycles. The van der Waals surface area contributed by atoms with Crippen LogP contribution in [0.2, 0.25) is 0 Å². The normalized spacial score (nSPS) is 15.5. The number of ether oxygens (including phenoxy) is 1. The number of benzene rings is 3. The van der Waals surface area contributed by atoms with Crippen molar-refractivity contribution in [1.82, 2.24) is 9.62 Å². The van der Waals surface area contributed by atoms with Gasteiger partial charge in [-0.25, -0.2) is 4.31 Å². The number of nitrogens with two attached hydrogens (primary N) is 1. The number of hydrogen-bond donors (Lipinski definition) is 5. The summed E-state index contributed by atoms with van der Waals surface area (Å²) in [5.74, 6) is -1.67. The average Bonchev–Trinajstić information content (AvgIpc) is 2.94. The summed E-state index contributed by atoms with van der Waals surface area (Å²) in [4.78, 5) is 34.9. The highest BCUT2D eigenvalue weighted by atomic mass is 79.9. The minimum atomic E-state index is -0.833. The van der Waals surface area contributed by atoms with E-state index in [1.807, 2.05) is 43.3 Å². The van der Waals surface area contributed by atoms with Gasteiger partial charge in [-0.15, -0.1) is 0 Å². The second kappa shape index (κ2) is 16.1. The van der Waals surface area contributed by atoms with E-state index in [1.165, 1.54) is 5.56 Å². The minimum Gasteiger partial charge on any atom is -0.481 e. The summed E-state index contributed by atoms with van der Waals surface area (Å²) >= 11 is 5.37. The zero-order chi connectivity index (χ0) is 30.6. The number of rotatable bonds is 9. The van der Waals surface area contributed by atoms with Crippen molar-refractivity contribution in [3.8, 4) is 0 Å². The first-order valence-corrected chi connectivity index (χ1v) is 14.7. The van der Waals surface area contributed by atoms with Gasteiger partial charge >= 0.3 is 0 Å². The molecule has 4 rings (SSSR count). The van der Waals surface area contributed by atoms with Gasteiger partial charge in [0.05, 0.1) is 18.8 Å². The van der Waals surface area contributed by atoms with Crippen LogP contribution >= 0.6 is 27.9 Å². The molecule has 3 aromatic carbocycles. The maximum Gasteiger partial charge on any atom is 0.300 e. The molecule has 1 aliphatic heterocycles. The Kier molecular flexibility index (Phi) is 12.5. The summed E-state index contributed by atoms with van der Waals surface area (Å²) in [5.41, 5.74) is 8.65. The number of nitrogens with zero attached hydrogens (tertiary/aromatic N) is 1. The lowest BCUT2D eigenvalue weighted by Crippen LogP contribution is -2.33. The van der Waals surface area contributed by atoms with Gasteiger partial charge in [0.25, 0.3) is 5.97 Å². The van der Waals surface area contributed by atoms with Gasteiger partial charge in [0.1, 0.15) is 12.3 Å². The lowest BCUT2D eigenvalue weighted by atomic mass is 10.1. The third-order valence-corrected chi connectivity index (χ3v) is 8.12. The molecule has 2 atom stereocenters. The van der Waals surface area contributed by atoms with Gasteiger partial charge < -0.3 is 26.2 Å². The fraction of sp³-hybridized carbons (Fsp3) is 0.267. The van der Waals surface area contributed by atoms with Crippen molar-refractivity contribution in [3.63, 3.8) is 0 Å². The Bertz CT molecular complexity index is 1390. The molecule has 1 unspecified atom stereocenters. The van der Waals surface area contributed by atoms with Gasteiger partial charge in [0.2, 0.25) is 11.8 Å². The average molecular weight is 657 g/mol. The highest BCUT2D eigenvalue weighted by molar-refractivity contribution is 9.10. The summed E-state index contributed by atoms with van der Waals surface area (Å²) in [5, 5.41) is 20.4. The first-order chi connectivity index (χ1) is 20.0. The number of carbonyl (C=O) groups is 3. The van der Waals surface area contributed by atoms with Gasteiger partial charge in [-0.2, -0.15) is 0 Å². The lowest BCUT2D eigenvalue weighted by molar-refractivity contribution is -0.134. The van der Waals surface area contributed by atoms with E-state index in [4.69, 9.17) is 25.8 Å². The Labute approximate surface area is 257 Å². The Morgan fingerprint density at radius 2 is 1.79 bits per heavy atom. The van der Waals surface area contributed by atoms with E-state index in [1.54, 1.807) is 36.2 Å². The van der Waals surface area contributed by atoms with Crippen LogP contribution in [0, 0.1) is 5.41 Å². The number of hydrogen-bond acceptors (Lipinski definition) is 7. The van der Waals surface area contributed by atoms with Gasteiger partial charge in [0, 0.05) is 40.6 Å². The number of nitrogen functional groups attached to an aromatic ring is 1. The molecule has 0 aliphatic carbocycles. The number of halogens is 1. The zero-order valence-electron chi connectivity index (χ0n) is 23.3. The number of aliphatic carboxylic acids is 1. The van der Waals surface area contributed by atoms with Gasteiger partial charge in [-0.1, -0.05) is 36.4 Å². The molecule has 10 nitrogen and oxygen atoms in total. The maximum absolute atomic E-state index is 12.5. The van der Waals surface area contributed by atoms with Gasteiger partial charge in [-0.05, 0) is 82.3 Å². The molecule has 1 fully saturated rings. The molecule has 3 aromatic rings. The molecule has 0 spiro atoms. The summed E-state index contributed by atoms with van der Waals surface area (Å²) in [6.45, 7) is 5.26. The van der Waals surface area contributed by atoms with Crippen LogP contribution in [0.5, 0.6) is 0 Å². The van der Waals surface area contributed by atoms with E-state index in [0.717, 1.165) is 34.9 Å². The molecular weight excluding hydrogens is 622 g/mol. The van der Waals surface area contributed by atoms with Crippen molar-refractivity contribution in [2.45, 2.75) is 37.3 Å². The van der Waals surface area contributed by atoms with E-state index in [2.05, 4.69) is 43.0 Å². The predicted molar refractivity (Wildman–Crippen MR) is 167 cm³/mol. The molecule has 42 heavy (non-hydrogen) atoms. The van der Waals surface area contributed by atoms with E-state index < -0.39 is 11.9 Å². The third kappa shape index (κ3) is 10.6. The molecule has 0 aromatic heterocycles. The molecular formula is C30H34BrN5O5S. The third-order valence-electron chi connectivity index (χ3n) is 6.06. The number of carboxylic acid groups (broad SMARTS) is 1. The Morgan fingerprint density at radius 1 is 1.12 bits per heavy atom. The van der Waals surface area contributed by atoms with Crippen molar-refractivity contribution < 1.29 is 24.2 Å². The quantitative estimate of drug-likeness (QED) is 0.0921. The van der Waals surface area contributed by atoms with Crippen molar-refractivity contribution in [3.05, 3.63) is 94.0 Å². The fourth-order valence-electron chi connectivity index (χ4n) is 4.04. The van der Waals surface area contributed by atoms with Crippen LogP contribution in [0.3, 0.4) is 0 Å². The molecule has 2 amide bonds. The molecule has 1 aliphatic rings. The van der Waals surface area contributed by atoms with E-state index in [9.17, 15) is 9.59 Å². The van der Waals surface area contributed by atoms with Crippen LogP contribution in [-0.2, 0) is 19.1 Å². The number of carbonyl (C=O) groups excluding carboxylic acids is 2. The monoisotopic (exact) mass is 655 g/mol. The number of amidine groups is 1. The minimum absolute atomic E-state index is 0.0443. The van der Waals surface area contributed by atoms with Crippen molar-refractivity contribution in [2.75, 3.05) is 25.0 Å². The largest absolute Gasteiger partial charge is 0.481 e. The van der Waals surface area contributed by atoms with Crippen molar-refractivity contribution in [2.24, 2.45) is 5.73 Å². The number of nitrogens with one attached hydrogen (secondary N) is 3. The van der Waals surface area contributed by atoms with Crippen LogP contribution in [0.4, 0.5) is 5.69 Å². The van der Waals surface area contributed by atoms with Crippen LogP contribution in [0.1, 0.15) is 49.1 Å². The summed E-state index contributed by atoms with van der Waals surface area (Å²) in [6.07, 6.45) is -0.254. The highest BCUT2D eigenvalue weighted by Crippen LogP contribution is 2.35. The SMILES string of the molecule is CC(=O)O.C[C@H](NC(=O)CC(=O)Nc1ccc(C(=N)N)cc1)c1ccc(SN2CCOC(c3ccccc3)C2)c(Br)c1. The van der Waals surface area contributed by atoms with Crippen LogP contribution in [0.15, 0.2) is 82.2 Å². The second-order valence-corrected chi connectivity index (χ2v) is 11.5. The Hall–Kier alpha value is -3.71. The molecule has 1 saturated heterocycles. The number of amides is 2. The highest BCUT2D eigenvalue weighted by Gasteiger charge is 2.23. The van der Waals surface area contributed by atoms with Crippen LogP contribution < -0.4 is 16.4 Å². The Morgan fingerprint density at radius 3 is 2.40 bits per heavy atom. The topological polar surface area (TPSA) is 158 Å². The summed E-state index contributed by atoms with van der Waals surface area (Å²) in [6, 6.07) is 22.6. The van der Waals surface area contributed by atoms with E-state index in [-0.39, 0.29) is 30.3 Å². The summed E-state index contributed by atoms with van der Waals surface area (Å²) in [7, 11) is 0. The number of anilines is 1. The maximum atomic E-state index is 12.5. The molecule has 0 bridgehead atoms. The second-order valence-electron chi connectivity index (χ2n) is 9.46. The zero-order valence-corrected chi connectivity index (χ0v) is 25.7. The fourth-order valence-corrected chi connectivity index (χ4v) is 5.58. The molecule has 12 heteroatoms.